The second-order valence-corrected chi connectivity index (χ2v) is 4.74. The molecule has 1 unspecified atom stereocenters. The van der Waals surface area contributed by atoms with Gasteiger partial charge in [0.05, 0.1) is 6.04 Å². The number of hydrogen-bond donors (Lipinski definition) is 1. The maximum Gasteiger partial charge on any atom is 0.131 e. The molecule has 1 atom stereocenters. The Morgan fingerprint density at radius 3 is 2.50 bits per heavy atom. The molecule has 0 radical (unpaired) electrons. The fourth-order valence-electron chi connectivity index (χ4n) is 2.60. The van der Waals surface area contributed by atoms with Crippen LogP contribution in [0.5, 0.6) is 0 Å². The number of halogens is 2. The highest BCUT2D eigenvalue weighted by Crippen LogP contribution is 2.31. The predicted octanol–water partition coefficient (Wildman–Crippen LogP) is 4.12. The van der Waals surface area contributed by atoms with Gasteiger partial charge < -0.3 is 5.32 Å². The molecule has 1 nitrogen and oxygen atoms in total. The summed E-state index contributed by atoms with van der Waals surface area (Å²) in [6.07, 6.45) is 7.51. The van der Waals surface area contributed by atoms with Crippen LogP contribution in [0, 0.1) is 11.6 Å². The van der Waals surface area contributed by atoms with Crippen LogP contribution >= 0.6 is 0 Å². The molecule has 1 aromatic rings. The highest BCUT2D eigenvalue weighted by molar-refractivity contribution is 5.31. The topological polar surface area (TPSA) is 12.0 Å². The molecule has 2 rings (SSSR count). The van der Waals surface area contributed by atoms with Gasteiger partial charge in [-0.15, -0.1) is 0 Å². The molecule has 0 aromatic heterocycles. The van der Waals surface area contributed by atoms with E-state index in [9.17, 15) is 8.78 Å². The second-order valence-electron chi connectivity index (χ2n) is 4.74. The van der Waals surface area contributed by atoms with Crippen LogP contribution in [0.1, 0.15) is 43.7 Å². The molecule has 0 spiro atoms. The molecular weight excluding hydrogens is 232 g/mol. The maximum absolute atomic E-state index is 13.8. The minimum absolute atomic E-state index is 0.146. The molecule has 0 fully saturated rings. The summed E-state index contributed by atoms with van der Waals surface area (Å²) in [5, 5.41) is 3.05. The van der Waals surface area contributed by atoms with Crippen molar-refractivity contribution >= 4 is 0 Å². The van der Waals surface area contributed by atoms with Crippen LogP contribution in [-0.2, 0) is 0 Å². The molecular formula is C15H19F2N. The summed E-state index contributed by atoms with van der Waals surface area (Å²) in [7, 11) is 1.75. The van der Waals surface area contributed by atoms with E-state index in [4.69, 9.17) is 0 Å². The Labute approximate surface area is 107 Å². The molecule has 0 saturated heterocycles. The van der Waals surface area contributed by atoms with Crippen molar-refractivity contribution in [3.05, 3.63) is 47.0 Å². The third-order valence-corrected chi connectivity index (χ3v) is 3.52. The van der Waals surface area contributed by atoms with Gasteiger partial charge in [0, 0.05) is 5.56 Å². The lowest BCUT2D eigenvalue weighted by Crippen LogP contribution is -2.21. The molecule has 98 valence electrons. The van der Waals surface area contributed by atoms with Crippen LogP contribution in [0.15, 0.2) is 29.8 Å². The Balaban J connectivity index is 2.35. The Morgan fingerprint density at radius 1 is 1.11 bits per heavy atom. The standard InChI is InChI=1S/C15H19F2N/c1-18-15(11-7-4-2-3-5-8-11)14-12(16)9-6-10-13(14)17/h6-7,9-10,15,18H,2-5,8H2,1H3. The minimum Gasteiger partial charge on any atom is -0.309 e. The van der Waals surface area contributed by atoms with Crippen molar-refractivity contribution in [3.63, 3.8) is 0 Å². The van der Waals surface area contributed by atoms with Crippen LogP contribution < -0.4 is 5.32 Å². The number of benzene rings is 1. The van der Waals surface area contributed by atoms with Gasteiger partial charge in [0.2, 0.25) is 0 Å². The molecule has 0 heterocycles. The summed E-state index contributed by atoms with van der Waals surface area (Å²) in [6, 6.07) is 3.70. The van der Waals surface area contributed by atoms with Crippen LogP contribution in [0.25, 0.3) is 0 Å². The third-order valence-electron chi connectivity index (χ3n) is 3.52. The van der Waals surface area contributed by atoms with E-state index >= 15 is 0 Å². The molecule has 0 aliphatic heterocycles. The van der Waals surface area contributed by atoms with Gasteiger partial charge >= 0.3 is 0 Å². The zero-order valence-corrected chi connectivity index (χ0v) is 10.7. The minimum atomic E-state index is -0.473. The van der Waals surface area contributed by atoms with E-state index in [0.29, 0.717) is 0 Å². The molecule has 0 amide bonds. The van der Waals surface area contributed by atoms with Gasteiger partial charge in [-0.2, -0.15) is 0 Å². The van der Waals surface area contributed by atoms with E-state index in [-0.39, 0.29) is 11.6 Å². The Morgan fingerprint density at radius 2 is 1.83 bits per heavy atom. The first kappa shape index (κ1) is 13.2. The molecule has 1 aliphatic rings. The molecule has 18 heavy (non-hydrogen) atoms. The van der Waals surface area contributed by atoms with Crippen molar-refractivity contribution in [2.45, 2.75) is 38.1 Å². The van der Waals surface area contributed by atoms with Crippen molar-refractivity contribution in [1.82, 2.24) is 5.32 Å². The third kappa shape index (κ3) is 2.78. The first-order chi connectivity index (χ1) is 8.74. The Bertz CT molecular complexity index is 420. The number of likely N-dealkylation sites (N-methyl/N-ethyl adjacent to an activating group) is 1. The number of nitrogens with one attached hydrogen (secondary N) is 1. The van der Waals surface area contributed by atoms with Gasteiger partial charge in [0.15, 0.2) is 0 Å². The molecule has 1 aromatic carbocycles. The van der Waals surface area contributed by atoms with E-state index in [0.717, 1.165) is 24.8 Å². The smallest absolute Gasteiger partial charge is 0.131 e. The Hall–Kier alpha value is -1.22. The number of hydrogen-bond acceptors (Lipinski definition) is 1. The van der Waals surface area contributed by atoms with Crippen molar-refractivity contribution in [1.29, 1.82) is 0 Å². The predicted molar refractivity (Wildman–Crippen MR) is 69.3 cm³/mol. The summed E-state index contributed by atoms with van der Waals surface area (Å²) in [5.41, 5.74) is 1.26. The monoisotopic (exact) mass is 251 g/mol. The first-order valence-electron chi connectivity index (χ1n) is 6.54. The molecule has 0 saturated carbocycles. The second kappa shape index (κ2) is 6.10. The van der Waals surface area contributed by atoms with Gasteiger partial charge in [0.1, 0.15) is 11.6 Å². The summed E-state index contributed by atoms with van der Waals surface area (Å²) < 4.78 is 27.7. The quantitative estimate of drug-likeness (QED) is 0.797. The van der Waals surface area contributed by atoms with E-state index in [1.54, 1.807) is 7.05 Å². The normalized spacial score (nSPS) is 18.1. The average Bonchev–Trinajstić information content (AvgIpc) is 2.63. The first-order valence-corrected chi connectivity index (χ1v) is 6.54. The molecule has 0 bridgehead atoms. The lowest BCUT2D eigenvalue weighted by molar-refractivity contribution is 0.511. The summed E-state index contributed by atoms with van der Waals surface area (Å²) in [6.45, 7) is 0. The van der Waals surface area contributed by atoms with Crippen LogP contribution in [0.4, 0.5) is 8.78 Å². The highest BCUT2D eigenvalue weighted by Gasteiger charge is 2.22. The zero-order valence-electron chi connectivity index (χ0n) is 10.7. The maximum atomic E-state index is 13.8. The largest absolute Gasteiger partial charge is 0.309 e. The van der Waals surface area contributed by atoms with Gasteiger partial charge in [-0.1, -0.05) is 24.1 Å². The lowest BCUT2D eigenvalue weighted by Gasteiger charge is -2.21. The van der Waals surface area contributed by atoms with E-state index in [1.165, 1.54) is 31.0 Å². The molecule has 1 N–H and O–H groups in total. The van der Waals surface area contributed by atoms with Gasteiger partial charge in [-0.3, -0.25) is 0 Å². The van der Waals surface area contributed by atoms with Crippen LogP contribution in [0.3, 0.4) is 0 Å². The highest BCUT2D eigenvalue weighted by atomic mass is 19.1. The molecule has 1 aliphatic carbocycles. The van der Waals surface area contributed by atoms with Gasteiger partial charge in [0.25, 0.3) is 0 Å². The van der Waals surface area contributed by atoms with Crippen molar-refractivity contribution in [3.8, 4) is 0 Å². The molecule has 3 heteroatoms. The summed E-state index contributed by atoms with van der Waals surface area (Å²) in [5.74, 6) is -0.945. The van der Waals surface area contributed by atoms with Crippen molar-refractivity contribution in [2.24, 2.45) is 0 Å². The number of rotatable bonds is 3. The van der Waals surface area contributed by atoms with Crippen LogP contribution in [0.2, 0.25) is 0 Å². The zero-order chi connectivity index (χ0) is 13.0. The lowest BCUT2D eigenvalue weighted by atomic mass is 9.94. The van der Waals surface area contributed by atoms with Gasteiger partial charge in [-0.25, -0.2) is 8.78 Å². The van der Waals surface area contributed by atoms with Gasteiger partial charge in [-0.05, 0) is 44.9 Å². The summed E-state index contributed by atoms with van der Waals surface area (Å²) in [4.78, 5) is 0. The summed E-state index contributed by atoms with van der Waals surface area (Å²) >= 11 is 0. The van der Waals surface area contributed by atoms with Crippen molar-refractivity contribution < 1.29 is 8.78 Å². The fraction of sp³-hybridized carbons (Fsp3) is 0.467. The van der Waals surface area contributed by atoms with E-state index in [2.05, 4.69) is 11.4 Å². The van der Waals surface area contributed by atoms with E-state index < -0.39 is 11.6 Å². The SMILES string of the molecule is CNC(C1=CCCCCC1)c1c(F)cccc1F. The average molecular weight is 251 g/mol. The van der Waals surface area contributed by atoms with Crippen molar-refractivity contribution in [2.75, 3.05) is 7.05 Å². The van der Waals surface area contributed by atoms with E-state index in [1.807, 2.05) is 0 Å². The van der Waals surface area contributed by atoms with Crippen LogP contribution in [-0.4, -0.2) is 7.05 Å². The number of allylic oxidation sites excluding steroid dienone is 1. The Kier molecular flexibility index (Phi) is 4.48. The fourth-order valence-corrected chi connectivity index (χ4v) is 2.60.